The molecule has 1 aromatic carbocycles. The Hall–Kier alpha value is -1.26. The van der Waals surface area contributed by atoms with Gasteiger partial charge in [-0.25, -0.2) is 0 Å². The fourth-order valence-corrected chi connectivity index (χ4v) is 2.63. The Balaban J connectivity index is 1.66. The molecule has 1 aromatic rings. The van der Waals surface area contributed by atoms with E-state index in [4.69, 9.17) is 10.5 Å². The molecule has 0 saturated carbocycles. The standard InChI is InChI=1S/C15H25N3O/c1-17-8-7-13(11-17)12-18(2)9-10-19-15-6-4-3-5-14(15)16/h3-6,13H,7-12,16H2,1-2H3. The van der Waals surface area contributed by atoms with Crippen LogP contribution in [0.5, 0.6) is 5.75 Å². The van der Waals surface area contributed by atoms with Crippen LogP contribution in [-0.2, 0) is 0 Å². The number of likely N-dealkylation sites (tertiary alicyclic amines) is 1. The van der Waals surface area contributed by atoms with Crippen molar-refractivity contribution >= 4 is 5.69 Å². The van der Waals surface area contributed by atoms with E-state index in [2.05, 4.69) is 23.9 Å². The van der Waals surface area contributed by atoms with Gasteiger partial charge < -0.3 is 20.3 Å². The molecular formula is C15H25N3O. The van der Waals surface area contributed by atoms with Crippen LogP contribution in [-0.4, -0.2) is 56.7 Å². The molecule has 0 spiro atoms. The van der Waals surface area contributed by atoms with Gasteiger partial charge in [-0.05, 0) is 45.1 Å². The minimum absolute atomic E-state index is 0.688. The van der Waals surface area contributed by atoms with Crippen LogP contribution in [0.25, 0.3) is 0 Å². The second-order valence-corrected chi connectivity index (χ2v) is 5.57. The molecular weight excluding hydrogens is 238 g/mol. The molecule has 106 valence electrons. The number of nitrogens with two attached hydrogens (primary N) is 1. The maximum absolute atomic E-state index is 5.84. The van der Waals surface area contributed by atoms with Gasteiger partial charge in [-0.1, -0.05) is 12.1 Å². The molecule has 0 aromatic heterocycles. The van der Waals surface area contributed by atoms with Crippen LogP contribution in [0.1, 0.15) is 6.42 Å². The number of rotatable bonds is 6. The van der Waals surface area contributed by atoms with E-state index in [1.807, 2.05) is 24.3 Å². The van der Waals surface area contributed by atoms with E-state index in [1.165, 1.54) is 19.5 Å². The predicted octanol–water partition coefficient (Wildman–Crippen LogP) is 1.53. The third kappa shape index (κ3) is 4.40. The first-order valence-electron chi connectivity index (χ1n) is 6.99. The van der Waals surface area contributed by atoms with Crippen molar-refractivity contribution in [1.29, 1.82) is 0 Å². The minimum Gasteiger partial charge on any atom is -0.490 e. The second-order valence-electron chi connectivity index (χ2n) is 5.57. The average molecular weight is 263 g/mol. The number of benzene rings is 1. The molecule has 1 unspecified atom stereocenters. The quantitative estimate of drug-likeness (QED) is 0.790. The number of anilines is 1. The fourth-order valence-electron chi connectivity index (χ4n) is 2.63. The van der Waals surface area contributed by atoms with E-state index >= 15 is 0 Å². The minimum atomic E-state index is 0.688. The van der Waals surface area contributed by atoms with Crippen LogP contribution in [0.15, 0.2) is 24.3 Å². The largest absolute Gasteiger partial charge is 0.490 e. The van der Waals surface area contributed by atoms with Crippen molar-refractivity contribution in [2.45, 2.75) is 6.42 Å². The summed E-state index contributed by atoms with van der Waals surface area (Å²) >= 11 is 0. The van der Waals surface area contributed by atoms with Gasteiger partial charge in [0, 0.05) is 19.6 Å². The van der Waals surface area contributed by atoms with Crippen molar-refractivity contribution in [3.63, 3.8) is 0 Å². The van der Waals surface area contributed by atoms with E-state index in [0.29, 0.717) is 12.3 Å². The summed E-state index contributed by atoms with van der Waals surface area (Å²) in [4.78, 5) is 4.75. The zero-order chi connectivity index (χ0) is 13.7. The smallest absolute Gasteiger partial charge is 0.142 e. The third-order valence-electron chi connectivity index (χ3n) is 3.71. The molecule has 0 bridgehead atoms. The SMILES string of the molecule is CN(CCOc1ccccc1N)CC1CCN(C)C1. The molecule has 1 aliphatic heterocycles. The number of nitrogens with zero attached hydrogens (tertiary/aromatic N) is 2. The summed E-state index contributed by atoms with van der Waals surface area (Å²) in [5.74, 6) is 1.59. The Bertz CT molecular complexity index is 397. The number of hydrogen-bond acceptors (Lipinski definition) is 4. The number of ether oxygens (including phenoxy) is 1. The number of nitrogen functional groups attached to an aromatic ring is 1. The molecule has 1 heterocycles. The molecule has 0 amide bonds. The van der Waals surface area contributed by atoms with E-state index in [1.54, 1.807) is 0 Å². The van der Waals surface area contributed by atoms with E-state index in [-0.39, 0.29) is 0 Å². The van der Waals surface area contributed by atoms with Gasteiger partial charge in [-0.3, -0.25) is 0 Å². The van der Waals surface area contributed by atoms with Crippen LogP contribution < -0.4 is 10.5 Å². The summed E-state index contributed by atoms with van der Waals surface area (Å²) in [6.45, 7) is 5.23. The van der Waals surface area contributed by atoms with Crippen LogP contribution in [0.2, 0.25) is 0 Å². The Morgan fingerprint density at radius 3 is 2.89 bits per heavy atom. The molecule has 1 fully saturated rings. The third-order valence-corrected chi connectivity index (χ3v) is 3.71. The van der Waals surface area contributed by atoms with E-state index in [9.17, 15) is 0 Å². The number of hydrogen-bond donors (Lipinski definition) is 1. The van der Waals surface area contributed by atoms with Gasteiger partial charge in [0.05, 0.1) is 5.69 Å². The zero-order valence-electron chi connectivity index (χ0n) is 12.0. The van der Waals surface area contributed by atoms with Gasteiger partial charge in [-0.2, -0.15) is 0 Å². The summed E-state index contributed by atoms with van der Waals surface area (Å²) in [6.07, 6.45) is 1.31. The molecule has 0 aliphatic carbocycles. The first kappa shape index (κ1) is 14.2. The molecule has 4 heteroatoms. The number of para-hydroxylation sites is 2. The fraction of sp³-hybridized carbons (Fsp3) is 0.600. The lowest BCUT2D eigenvalue weighted by atomic mass is 10.1. The lowest BCUT2D eigenvalue weighted by Gasteiger charge is -2.21. The van der Waals surface area contributed by atoms with Gasteiger partial charge in [0.1, 0.15) is 12.4 Å². The normalized spacial score (nSPS) is 20.1. The van der Waals surface area contributed by atoms with Crippen molar-refractivity contribution in [3.8, 4) is 5.75 Å². The summed E-state index contributed by atoms with van der Waals surface area (Å²) in [7, 11) is 4.36. The predicted molar refractivity (Wildman–Crippen MR) is 79.5 cm³/mol. The summed E-state index contributed by atoms with van der Waals surface area (Å²) in [5.41, 5.74) is 6.55. The molecule has 1 saturated heterocycles. The molecule has 1 aliphatic rings. The maximum Gasteiger partial charge on any atom is 0.142 e. The van der Waals surface area contributed by atoms with Gasteiger partial charge in [0.2, 0.25) is 0 Å². The maximum atomic E-state index is 5.84. The van der Waals surface area contributed by atoms with Crippen LogP contribution in [0, 0.1) is 5.92 Å². The van der Waals surface area contributed by atoms with Crippen molar-refractivity contribution in [2.24, 2.45) is 5.92 Å². The van der Waals surface area contributed by atoms with E-state index < -0.39 is 0 Å². The lowest BCUT2D eigenvalue weighted by molar-refractivity contribution is 0.215. The monoisotopic (exact) mass is 263 g/mol. The molecule has 19 heavy (non-hydrogen) atoms. The van der Waals surface area contributed by atoms with Crippen LogP contribution >= 0.6 is 0 Å². The van der Waals surface area contributed by atoms with Crippen molar-refractivity contribution in [2.75, 3.05) is 52.6 Å². The summed E-state index contributed by atoms with van der Waals surface area (Å²) in [6, 6.07) is 7.66. The highest BCUT2D eigenvalue weighted by molar-refractivity contribution is 5.51. The first-order valence-corrected chi connectivity index (χ1v) is 6.99. The summed E-state index contributed by atoms with van der Waals surface area (Å²) < 4.78 is 5.72. The van der Waals surface area contributed by atoms with Crippen LogP contribution in [0.4, 0.5) is 5.69 Å². The first-order chi connectivity index (χ1) is 9.15. The Labute approximate surface area is 116 Å². The van der Waals surface area contributed by atoms with Gasteiger partial charge in [0.15, 0.2) is 0 Å². The topological polar surface area (TPSA) is 41.7 Å². The van der Waals surface area contributed by atoms with Gasteiger partial charge >= 0.3 is 0 Å². The summed E-state index contributed by atoms with van der Waals surface area (Å²) in [5, 5.41) is 0. The van der Waals surface area contributed by atoms with Crippen LogP contribution in [0.3, 0.4) is 0 Å². The average Bonchev–Trinajstić information content (AvgIpc) is 2.77. The van der Waals surface area contributed by atoms with Gasteiger partial charge in [-0.15, -0.1) is 0 Å². The van der Waals surface area contributed by atoms with Gasteiger partial charge in [0.25, 0.3) is 0 Å². The lowest BCUT2D eigenvalue weighted by Crippen LogP contribution is -2.30. The highest BCUT2D eigenvalue weighted by Crippen LogP contribution is 2.19. The highest BCUT2D eigenvalue weighted by atomic mass is 16.5. The van der Waals surface area contributed by atoms with Crippen molar-refractivity contribution < 1.29 is 4.74 Å². The molecule has 2 N–H and O–H groups in total. The van der Waals surface area contributed by atoms with Crippen molar-refractivity contribution in [1.82, 2.24) is 9.80 Å². The Morgan fingerprint density at radius 2 is 2.21 bits per heavy atom. The second kappa shape index (κ2) is 6.78. The molecule has 0 radical (unpaired) electrons. The Morgan fingerprint density at radius 1 is 1.42 bits per heavy atom. The van der Waals surface area contributed by atoms with Crippen molar-refractivity contribution in [3.05, 3.63) is 24.3 Å². The molecule has 2 rings (SSSR count). The highest BCUT2D eigenvalue weighted by Gasteiger charge is 2.20. The molecule has 1 atom stereocenters. The Kier molecular flexibility index (Phi) is 5.05. The van der Waals surface area contributed by atoms with E-state index in [0.717, 1.165) is 24.8 Å². The number of likely N-dealkylation sites (N-methyl/N-ethyl adjacent to an activating group) is 1. The molecule has 4 nitrogen and oxygen atoms in total. The zero-order valence-corrected chi connectivity index (χ0v) is 12.0.